The number of furan rings is 1. The van der Waals surface area contributed by atoms with Crippen LogP contribution in [0, 0.1) is 0 Å². The number of benzene rings is 2. The molecule has 0 saturated carbocycles. The minimum absolute atomic E-state index is 0.0697. The average Bonchev–Trinajstić information content (AvgIpc) is 3.49. The van der Waals surface area contributed by atoms with Crippen LogP contribution in [0.1, 0.15) is 42.5 Å². The van der Waals surface area contributed by atoms with Gasteiger partial charge in [-0.25, -0.2) is 13.1 Å². The van der Waals surface area contributed by atoms with Gasteiger partial charge in [-0.15, -0.1) is 0 Å². The van der Waals surface area contributed by atoms with Gasteiger partial charge in [0, 0.05) is 24.5 Å². The highest BCUT2D eigenvalue weighted by Crippen LogP contribution is 2.25. The van der Waals surface area contributed by atoms with Crippen molar-refractivity contribution in [3.63, 3.8) is 0 Å². The molecule has 4 rings (SSSR count). The molecule has 2 aromatic carbocycles. The summed E-state index contributed by atoms with van der Waals surface area (Å²) in [6.07, 6.45) is 3.68. The topological polar surface area (TPSA) is 106 Å². The van der Waals surface area contributed by atoms with E-state index < -0.39 is 21.5 Å². The van der Waals surface area contributed by atoms with E-state index in [9.17, 15) is 13.2 Å². The molecule has 0 aliphatic heterocycles. The summed E-state index contributed by atoms with van der Waals surface area (Å²) < 4.78 is 34.6. The van der Waals surface area contributed by atoms with Crippen molar-refractivity contribution < 1.29 is 17.6 Å². The highest BCUT2D eigenvalue weighted by atomic mass is 32.2. The first-order valence-corrected chi connectivity index (χ1v) is 12.7. The molecule has 9 heteroatoms. The summed E-state index contributed by atoms with van der Waals surface area (Å²) in [7, 11) is -3.86. The summed E-state index contributed by atoms with van der Waals surface area (Å²) >= 11 is 0. The number of carbonyl (C=O) groups excluding carboxylic acids is 1. The zero-order valence-electron chi connectivity index (χ0n) is 19.9. The predicted octanol–water partition coefficient (Wildman–Crippen LogP) is 4.20. The SMILES string of the molecule is CC(C)(C)NS(=O)(=O)c1ccc(C(=O)NCc2ccccc2-c2ccc(Cn3cccn3)cc2)o1. The third-order valence-corrected chi connectivity index (χ3v) is 6.77. The van der Waals surface area contributed by atoms with Gasteiger partial charge in [-0.05, 0) is 61.2 Å². The zero-order chi connectivity index (χ0) is 25.1. The van der Waals surface area contributed by atoms with Gasteiger partial charge >= 0.3 is 0 Å². The van der Waals surface area contributed by atoms with Gasteiger partial charge in [0.25, 0.3) is 15.9 Å². The molecular weight excluding hydrogens is 464 g/mol. The summed E-state index contributed by atoms with van der Waals surface area (Å²) in [6, 6.07) is 20.5. The van der Waals surface area contributed by atoms with E-state index in [1.165, 1.54) is 12.1 Å². The second-order valence-electron chi connectivity index (χ2n) is 9.21. The number of sulfonamides is 1. The molecule has 0 saturated heterocycles. The van der Waals surface area contributed by atoms with Crippen LogP contribution in [0.3, 0.4) is 0 Å². The Kier molecular flexibility index (Phi) is 6.90. The van der Waals surface area contributed by atoms with Crippen LogP contribution in [0.25, 0.3) is 11.1 Å². The van der Waals surface area contributed by atoms with Crippen LogP contribution in [0.15, 0.2) is 88.6 Å². The molecule has 35 heavy (non-hydrogen) atoms. The molecule has 1 amide bonds. The third-order valence-electron chi connectivity index (χ3n) is 5.14. The Bertz CT molecular complexity index is 1400. The van der Waals surface area contributed by atoms with E-state index in [4.69, 9.17) is 4.42 Å². The largest absolute Gasteiger partial charge is 0.438 e. The van der Waals surface area contributed by atoms with E-state index in [-0.39, 0.29) is 17.4 Å². The predicted molar refractivity (Wildman–Crippen MR) is 133 cm³/mol. The molecule has 8 nitrogen and oxygen atoms in total. The van der Waals surface area contributed by atoms with E-state index in [2.05, 4.69) is 27.3 Å². The van der Waals surface area contributed by atoms with Crippen molar-refractivity contribution in [2.24, 2.45) is 0 Å². The maximum Gasteiger partial charge on any atom is 0.287 e. The summed E-state index contributed by atoms with van der Waals surface area (Å²) in [5, 5.41) is 6.76. The molecule has 0 aliphatic rings. The Morgan fingerprint density at radius 1 is 1.00 bits per heavy atom. The highest BCUT2D eigenvalue weighted by Gasteiger charge is 2.26. The van der Waals surface area contributed by atoms with Gasteiger partial charge in [-0.1, -0.05) is 48.5 Å². The van der Waals surface area contributed by atoms with Crippen LogP contribution in [0.5, 0.6) is 0 Å². The molecule has 2 aromatic heterocycles. The Balaban J connectivity index is 1.44. The molecule has 2 N–H and O–H groups in total. The maximum atomic E-state index is 12.7. The number of carbonyl (C=O) groups is 1. The molecule has 0 radical (unpaired) electrons. The fraction of sp³-hybridized carbons (Fsp3) is 0.231. The number of hydrogen-bond donors (Lipinski definition) is 2. The van der Waals surface area contributed by atoms with Crippen LogP contribution >= 0.6 is 0 Å². The fourth-order valence-electron chi connectivity index (χ4n) is 3.63. The van der Waals surface area contributed by atoms with Crippen molar-refractivity contribution in [2.75, 3.05) is 0 Å². The van der Waals surface area contributed by atoms with E-state index in [0.717, 1.165) is 22.3 Å². The molecule has 2 heterocycles. The third kappa shape index (κ3) is 6.26. The van der Waals surface area contributed by atoms with Crippen molar-refractivity contribution in [2.45, 2.75) is 44.5 Å². The Morgan fingerprint density at radius 3 is 2.43 bits per heavy atom. The monoisotopic (exact) mass is 492 g/mol. The molecule has 0 unspecified atom stereocenters. The van der Waals surface area contributed by atoms with Gasteiger partial charge in [0.15, 0.2) is 5.76 Å². The van der Waals surface area contributed by atoms with E-state index in [1.807, 2.05) is 53.3 Å². The lowest BCUT2D eigenvalue weighted by Gasteiger charge is -2.18. The van der Waals surface area contributed by atoms with Crippen molar-refractivity contribution in [3.05, 3.63) is 96.0 Å². The first-order valence-electron chi connectivity index (χ1n) is 11.2. The van der Waals surface area contributed by atoms with Crippen LogP contribution < -0.4 is 10.0 Å². The Hall–Kier alpha value is -3.69. The number of aromatic nitrogens is 2. The minimum atomic E-state index is -3.86. The number of amides is 1. The Morgan fingerprint density at radius 2 is 1.74 bits per heavy atom. The van der Waals surface area contributed by atoms with Gasteiger partial charge in [-0.3, -0.25) is 9.48 Å². The molecule has 0 atom stereocenters. The standard InChI is InChI=1S/C26H28N4O4S/c1-26(2,3)29-35(32,33)24-14-13-23(34-24)25(31)27-17-21-7-4-5-8-22(21)20-11-9-19(10-12-20)18-30-16-6-15-28-30/h4-16,29H,17-18H2,1-3H3,(H,27,31). The van der Waals surface area contributed by atoms with E-state index in [0.29, 0.717) is 6.54 Å². The van der Waals surface area contributed by atoms with Crippen LogP contribution in [-0.4, -0.2) is 29.6 Å². The van der Waals surface area contributed by atoms with Gasteiger partial charge in [0.05, 0.1) is 6.54 Å². The van der Waals surface area contributed by atoms with E-state index in [1.54, 1.807) is 27.0 Å². The van der Waals surface area contributed by atoms with Crippen LogP contribution in [0.4, 0.5) is 0 Å². The number of hydrogen-bond acceptors (Lipinski definition) is 5. The average molecular weight is 493 g/mol. The van der Waals surface area contributed by atoms with Crippen molar-refractivity contribution in [1.82, 2.24) is 19.8 Å². The molecule has 0 aliphatic carbocycles. The second-order valence-corrected chi connectivity index (χ2v) is 10.8. The van der Waals surface area contributed by atoms with Crippen molar-refractivity contribution >= 4 is 15.9 Å². The quantitative estimate of drug-likeness (QED) is 0.383. The first kappa shape index (κ1) is 24.4. The smallest absolute Gasteiger partial charge is 0.287 e. The lowest BCUT2D eigenvalue weighted by atomic mass is 9.98. The summed E-state index contributed by atoms with van der Waals surface area (Å²) in [6.45, 7) is 6.13. The number of nitrogens with zero attached hydrogens (tertiary/aromatic N) is 2. The fourth-order valence-corrected chi connectivity index (χ4v) is 4.98. The molecule has 4 aromatic rings. The van der Waals surface area contributed by atoms with Crippen LogP contribution in [-0.2, 0) is 23.1 Å². The van der Waals surface area contributed by atoms with Gasteiger partial charge in [0.1, 0.15) is 0 Å². The second kappa shape index (κ2) is 9.89. The zero-order valence-corrected chi connectivity index (χ0v) is 20.7. The first-order chi connectivity index (χ1) is 16.6. The number of rotatable bonds is 8. The van der Waals surface area contributed by atoms with E-state index >= 15 is 0 Å². The Labute approximate surface area is 205 Å². The summed E-state index contributed by atoms with van der Waals surface area (Å²) in [5.41, 5.74) is 3.41. The lowest BCUT2D eigenvalue weighted by Crippen LogP contribution is -2.40. The number of nitrogens with one attached hydrogen (secondary N) is 2. The molecule has 182 valence electrons. The molecular formula is C26H28N4O4S. The maximum absolute atomic E-state index is 12.7. The van der Waals surface area contributed by atoms with Gasteiger partial charge in [0.2, 0.25) is 5.09 Å². The summed E-state index contributed by atoms with van der Waals surface area (Å²) in [4.78, 5) is 12.7. The normalized spacial score (nSPS) is 12.0. The van der Waals surface area contributed by atoms with Gasteiger partial charge in [-0.2, -0.15) is 5.10 Å². The van der Waals surface area contributed by atoms with Gasteiger partial charge < -0.3 is 9.73 Å². The van der Waals surface area contributed by atoms with Crippen LogP contribution in [0.2, 0.25) is 0 Å². The summed E-state index contributed by atoms with van der Waals surface area (Å²) in [5.74, 6) is -0.564. The molecule has 0 spiro atoms. The highest BCUT2D eigenvalue weighted by molar-refractivity contribution is 7.89. The lowest BCUT2D eigenvalue weighted by molar-refractivity contribution is 0.0918. The van der Waals surface area contributed by atoms with Crippen molar-refractivity contribution in [1.29, 1.82) is 0 Å². The minimum Gasteiger partial charge on any atom is -0.438 e. The van der Waals surface area contributed by atoms with Crippen molar-refractivity contribution in [3.8, 4) is 11.1 Å². The molecule has 0 fully saturated rings. The molecule has 0 bridgehead atoms.